The summed E-state index contributed by atoms with van der Waals surface area (Å²) in [4.78, 5) is 14.4. The number of likely N-dealkylation sites (tertiary alicyclic amines) is 1. The Hall–Kier alpha value is -1.07. The van der Waals surface area contributed by atoms with Crippen molar-refractivity contribution < 1.29 is 4.79 Å². The maximum absolute atomic E-state index is 12.1. The van der Waals surface area contributed by atoms with Crippen molar-refractivity contribution in [2.75, 3.05) is 25.9 Å². The third-order valence-corrected chi connectivity index (χ3v) is 3.60. The first-order chi connectivity index (χ1) is 8.54. The largest absolute Gasteiger partial charge is 0.399 e. The van der Waals surface area contributed by atoms with Crippen molar-refractivity contribution in [1.82, 2.24) is 10.2 Å². The summed E-state index contributed by atoms with van der Waals surface area (Å²) in [7, 11) is 2.08. The normalized spacial score (nSPS) is 20.7. The van der Waals surface area contributed by atoms with Crippen molar-refractivity contribution in [3.8, 4) is 0 Å². The molecule has 1 atom stereocenters. The number of carbonyl (C=O) groups excluding carboxylic acids is 1. The molecule has 0 aromatic heterocycles. The molecule has 18 heavy (non-hydrogen) atoms. The van der Waals surface area contributed by atoms with Gasteiger partial charge in [0.1, 0.15) is 0 Å². The Morgan fingerprint density at radius 2 is 2.28 bits per heavy atom. The molecular weight excluding hydrogens is 294 g/mol. The number of carbonyl (C=O) groups is 1. The number of piperidine rings is 1. The molecule has 0 saturated carbocycles. The molecule has 1 unspecified atom stereocenters. The SMILES string of the molecule is CN1CCCC(NC(=O)c2cc(N)cc(Br)c2)C1. The molecule has 1 amide bonds. The molecule has 3 N–H and O–H groups in total. The second-order valence-corrected chi connectivity index (χ2v) is 5.76. The number of nitrogen functional groups attached to an aromatic ring is 1. The van der Waals surface area contributed by atoms with Crippen LogP contribution in [0.15, 0.2) is 22.7 Å². The predicted octanol–water partition coefficient (Wildman–Crippen LogP) is 1.86. The van der Waals surface area contributed by atoms with Gasteiger partial charge in [0, 0.05) is 28.3 Å². The van der Waals surface area contributed by atoms with Gasteiger partial charge in [0.2, 0.25) is 0 Å². The van der Waals surface area contributed by atoms with Crippen LogP contribution in [-0.2, 0) is 0 Å². The first-order valence-corrected chi connectivity index (χ1v) is 6.89. The zero-order chi connectivity index (χ0) is 13.1. The van der Waals surface area contributed by atoms with E-state index in [1.807, 2.05) is 0 Å². The summed E-state index contributed by atoms with van der Waals surface area (Å²) in [5.74, 6) is -0.0525. The van der Waals surface area contributed by atoms with Gasteiger partial charge in [0.05, 0.1) is 0 Å². The highest BCUT2D eigenvalue weighted by molar-refractivity contribution is 9.10. The minimum absolute atomic E-state index is 0.0525. The number of rotatable bonds is 2. The summed E-state index contributed by atoms with van der Waals surface area (Å²) in [6.45, 7) is 2.02. The molecular formula is C13H18BrN3O. The van der Waals surface area contributed by atoms with Crippen molar-refractivity contribution in [2.45, 2.75) is 18.9 Å². The maximum Gasteiger partial charge on any atom is 0.251 e. The zero-order valence-corrected chi connectivity index (χ0v) is 12.0. The highest BCUT2D eigenvalue weighted by Gasteiger charge is 2.19. The van der Waals surface area contributed by atoms with Crippen LogP contribution in [-0.4, -0.2) is 37.0 Å². The molecule has 98 valence electrons. The topological polar surface area (TPSA) is 58.4 Å². The fraction of sp³-hybridized carbons (Fsp3) is 0.462. The number of benzene rings is 1. The number of amides is 1. The molecule has 0 aliphatic carbocycles. The highest BCUT2D eigenvalue weighted by Crippen LogP contribution is 2.18. The van der Waals surface area contributed by atoms with Gasteiger partial charge in [-0.15, -0.1) is 0 Å². The van der Waals surface area contributed by atoms with Gasteiger partial charge in [-0.25, -0.2) is 0 Å². The van der Waals surface area contributed by atoms with Crippen LogP contribution in [0, 0.1) is 0 Å². The van der Waals surface area contributed by atoms with Gasteiger partial charge in [-0.3, -0.25) is 4.79 Å². The number of nitrogens with two attached hydrogens (primary N) is 1. The second-order valence-electron chi connectivity index (χ2n) is 4.85. The molecule has 1 aromatic rings. The Balaban J connectivity index is 2.02. The molecule has 1 saturated heterocycles. The molecule has 0 bridgehead atoms. The van der Waals surface area contributed by atoms with Gasteiger partial charge in [-0.2, -0.15) is 0 Å². The van der Waals surface area contributed by atoms with Crippen LogP contribution >= 0.6 is 15.9 Å². The maximum atomic E-state index is 12.1. The summed E-state index contributed by atoms with van der Waals surface area (Å²) < 4.78 is 0.827. The molecule has 1 aliphatic heterocycles. The fourth-order valence-corrected chi connectivity index (χ4v) is 2.81. The average Bonchev–Trinajstić information content (AvgIpc) is 2.27. The van der Waals surface area contributed by atoms with Crippen LogP contribution in [0.4, 0.5) is 5.69 Å². The van der Waals surface area contributed by atoms with Gasteiger partial charge in [-0.1, -0.05) is 15.9 Å². The van der Waals surface area contributed by atoms with E-state index in [1.54, 1.807) is 18.2 Å². The van der Waals surface area contributed by atoms with E-state index in [-0.39, 0.29) is 11.9 Å². The third kappa shape index (κ3) is 3.46. The van der Waals surface area contributed by atoms with Crippen molar-refractivity contribution >= 4 is 27.5 Å². The monoisotopic (exact) mass is 311 g/mol. The Morgan fingerprint density at radius 3 is 2.94 bits per heavy atom. The molecule has 1 aromatic carbocycles. The number of hydrogen-bond donors (Lipinski definition) is 2. The lowest BCUT2D eigenvalue weighted by molar-refractivity contribution is 0.0912. The van der Waals surface area contributed by atoms with Gasteiger partial charge >= 0.3 is 0 Å². The zero-order valence-electron chi connectivity index (χ0n) is 10.4. The summed E-state index contributed by atoms with van der Waals surface area (Å²) in [5, 5.41) is 3.06. The van der Waals surface area contributed by atoms with Crippen LogP contribution in [0.1, 0.15) is 23.2 Å². The molecule has 0 radical (unpaired) electrons. The summed E-state index contributed by atoms with van der Waals surface area (Å²) >= 11 is 3.35. The highest BCUT2D eigenvalue weighted by atomic mass is 79.9. The lowest BCUT2D eigenvalue weighted by Crippen LogP contribution is -2.46. The summed E-state index contributed by atoms with van der Waals surface area (Å²) in [6, 6.07) is 5.51. The average molecular weight is 312 g/mol. The number of nitrogens with zero attached hydrogens (tertiary/aromatic N) is 1. The smallest absolute Gasteiger partial charge is 0.251 e. The molecule has 2 rings (SSSR count). The third-order valence-electron chi connectivity index (χ3n) is 3.14. The van der Waals surface area contributed by atoms with Crippen LogP contribution in [0.25, 0.3) is 0 Å². The van der Waals surface area contributed by atoms with Gasteiger partial charge in [0.25, 0.3) is 5.91 Å². The molecule has 4 nitrogen and oxygen atoms in total. The summed E-state index contributed by atoms with van der Waals surface area (Å²) in [5.41, 5.74) is 6.93. The van der Waals surface area contributed by atoms with Gasteiger partial charge in [0.15, 0.2) is 0 Å². The van der Waals surface area contributed by atoms with E-state index in [4.69, 9.17) is 5.73 Å². The molecule has 1 heterocycles. The molecule has 5 heteroatoms. The number of hydrogen-bond acceptors (Lipinski definition) is 3. The fourth-order valence-electron chi connectivity index (χ4n) is 2.30. The van der Waals surface area contributed by atoms with Crippen LogP contribution < -0.4 is 11.1 Å². The Bertz CT molecular complexity index is 430. The van der Waals surface area contributed by atoms with Gasteiger partial charge < -0.3 is 16.0 Å². The number of halogens is 1. The van der Waals surface area contributed by atoms with Gasteiger partial charge in [-0.05, 0) is 44.6 Å². The van der Waals surface area contributed by atoms with Crippen molar-refractivity contribution in [3.05, 3.63) is 28.2 Å². The van der Waals surface area contributed by atoms with Crippen molar-refractivity contribution in [2.24, 2.45) is 0 Å². The van der Waals surface area contributed by atoms with Crippen molar-refractivity contribution in [3.63, 3.8) is 0 Å². The Morgan fingerprint density at radius 1 is 1.50 bits per heavy atom. The lowest BCUT2D eigenvalue weighted by atomic mass is 10.1. The van der Waals surface area contributed by atoms with E-state index in [0.29, 0.717) is 11.3 Å². The minimum atomic E-state index is -0.0525. The quantitative estimate of drug-likeness (QED) is 0.820. The molecule has 1 aliphatic rings. The Labute approximate surface area is 116 Å². The van der Waals surface area contributed by atoms with Crippen LogP contribution in [0.3, 0.4) is 0 Å². The lowest BCUT2D eigenvalue weighted by Gasteiger charge is -2.30. The van der Waals surface area contributed by atoms with E-state index in [2.05, 4.69) is 33.2 Å². The number of nitrogens with one attached hydrogen (secondary N) is 1. The summed E-state index contributed by atoms with van der Waals surface area (Å²) in [6.07, 6.45) is 2.17. The first-order valence-electron chi connectivity index (χ1n) is 6.10. The minimum Gasteiger partial charge on any atom is -0.399 e. The molecule has 0 spiro atoms. The predicted molar refractivity (Wildman–Crippen MR) is 76.5 cm³/mol. The standard InChI is InChI=1S/C13H18BrN3O/c1-17-4-2-3-12(8-17)16-13(18)9-5-10(14)7-11(15)6-9/h5-7,12H,2-4,8,15H2,1H3,(H,16,18). The van der Waals surface area contributed by atoms with E-state index in [9.17, 15) is 4.79 Å². The Kier molecular flexibility index (Phi) is 4.24. The number of likely N-dealkylation sites (N-methyl/N-ethyl adjacent to an activating group) is 1. The van der Waals surface area contributed by atoms with E-state index in [1.165, 1.54) is 0 Å². The van der Waals surface area contributed by atoms with Crippen LogP contribution in [0.2, 0.25) is 0 Å². The second kappa shape index (κ2) is 5.71. The van der Waals surface area contributed by atoms with Crippen LogP contribution in [0.5, 0.6) is 0 Å². The van der Waals surface area contributed by atoms with E-state index in [0.717, 1.165) is 30.4 Å². The number of anilines is 1. The van der Waals surface area contributed by atoms with E-state index < -0.39 is 0 Å². The van der Waals surface area contributed by atoms with E-state index >= 15 is 0 Å². The van der Waals surface area contributed by atoms with Crippen molar-refractivity contribution in [1.29, 1.82) is 0 Å². The molecule has 1 fully saturated rings. The first kappa shape index (κ1) is 13.4.